The number of nitrogens with one attached hydrogen (secondary N) is 1. The summed E-state index contributed by atoms with van der Waals surface area (Å²) >= 11 is 2.27. The van der Waals surface area contributed by atoms with Crippen molar-refractivity contribution in [2.75, 3.05) is 18.6 Å². The number of thioether (sulfide) groups is 1. The summed E-state index contributed by atoms with van der Waals surface area (Å²) in [6.45, 7) is 0. The van der Waals surface area contributed by atoms with E-state index in [0.29, 0.717) is 5.41 Å². The van der Waals surface area contributed by atoms with E-state index in [1.165, 1.54) is 37.2 Å². The Morgan fingerprint density at radius 2 is 1.57 bits per heavy atom. The van der Waals surface area contributed by atoms with Gasteiger partial charge in [-0.25, -0.2) is 0 Å². The number of hydrogen-bond donors (Lipinski definition) is 1. The van der Waals surface area contributed by atoms with E-state index in [-0.39, 0.29) is 0 Å². The van der Waals surface area contributed by atoms with Gasteiger partial charge in [-0.1, -0.05) is 12.8 Å². The van der Waals surface area contributed by atoms with Gasteiger partial charge < -0.3 is 5.32 Å². The minimum absolute atomic E-state index is 0.687. The second-order valence-electron chi connectivity index (χ2n) is 8.81. The van der Waals surface area contributed by atoms with Crippen LogP contribution < -0.4 is 5.32 Å². The average Bonchev–Trinajstić information content (AvgIpc) is 2.95. The van der Waals surface area contributed by atoms with Gasteiger partial charge in [-0.2, -0.15) is 11.8 Å². The Kier molecular flexibility index (Phi) is 4.30. The summed E-state index contributed by atoms with van der Waals surface area (Å²) in [7, 11) is 2.24. The van der Waals surface area contributed by atoms with Crippen LogP contribution in [0.5, 0.6) is 0 Å². The molecule has 0 spiro atoms. The first-order valence-electron chi connectivity index (χ1n) is 9.52. The third kappa shape index (κ3) is 2.92. The molecule has 1 unspecified atom stereocenters. The van der Waals surface area contributed by atoms with Crippen molar-refractivity contribution < 1.29 is 0 Å². The van der Waals surface area contributed by atoms with Gasteiger partial charge in [-0.15, -0.1) is 0 Å². The van der Waals surface area contributed by atoms with Gasteiger partial charge in [-0.3, -0.25) is 0 Å². The molecular weight excluding hydrogens is 274 g/mol. The van der Waals surface area contributed by atoms with Crippen molar-refractivity contribution >= 4 is 11.8 Å². The summed E-state index contributed by atoms with van der Waals surface area (Å²) in [5, 5.41) is 3.76. The largest absolute Gasteiger partial charge is 0.316 e. The molecule has 1 N–H and O–H groups in total. The van der Waals surface area contributed by atoms with Gasteiger partial charge in [0.05, 0.1) is 0 Å². The van der Waals surface area contributed by atoms with Gasteiger partial charge in [0.2, 0.25) is 0 Å². The third-order valence-electron chi connectivity index (χ3n) is 7.29. The SMILES string of the molecule is CNC(CSCC1CCCC1)C12CC3CC(CC(C3)C1)C2. The van der Waals surface area contributed by atoms with Gasteiger partial charge in [0.1, 0.15) is 0 Å². The predicted octanol–water partition coefficient (Wildman–Crippen LogP) is 4.71. The molecule has 0 aromatic heterocycles. The van der Waals surface area contributed by atoms with Crippen LogP contribution in [0.1, 0.15) is 64.2 Å². The smallest absolute Gasteiger partial charge is 0.0211 e. The van der Waals surface area contributed by atoms with Crippen molar-refractivity contribution in [2.45, 2.75) is 70.3 Å². The maximum absolute atomic E-state index is 3.76. The third-order valence-corrected chi connectivity index (χ3v) is 8.56. The van der Waals surface area contributed by atoms with Crippen molar-refractivity contribution in [3.05, 3.63) is 0 Å². The summed E-state index contributed by atoms with van der Waals surface area (Å²) in [5.74, 6) is 7.12. The highest BCUT2D eigenvalue weighted by molar-refractivity contribution is 7.99. The topological polar surface area (TPSA) is 12.0 Å². The van der Waals surface area contributed by atoms with E-state index in [1.807, 2.05) is 0 Å². The Labute approximate surface area is 135 Å². The van der Waals surface area contributed by atoms with Crippen molar-refractivity contribution in [3.8, 4) is 0 Å². The highest BCUT2D eigenvalue weighted by atomic mass is 32.2. The summed E-state index contributed by atoms with van der Waals surface area (Å²) in [5.41, 5.74) is 0.687. The summed E-state index contributed by atoms with van der Waals surface area (Å²) in [6, 6.07) is 0.789. The van der Waals surface area contributed by atoms with Crippen LogP contribution in [0.15, 0.2) is 0 Å². The van der Waals surface area contributed by atoms with Crippen LogP contribution in [0.3, 0.4) is 0 Å². The standard InChI is InChI=1S/C19H33NS/c1-20-18(13-21-12-14-4-2-3-5-14)19-9-15-6-16(10-19)8-17(7-15)11-19/h14-18,20H,2-13H2,1H3. The van der Waals surface area contributed by atoms with Crippen molar-refractivity contribution in [1.82, 2.24) is 5.32 Å². The minimum atomic E-state index is 0.687. The zero-order chi connectivity index (χ0) is 14.3. The molecule has 0 aromatic carbocycles. The highest BCUT2D eigenvalue weighted by Crippen LogP contribution is 2.61. The van der Waals surface area contributed by atoms with E-state index >= 15 is 0 Å². The van der Waals surface area contributed by atoms with Crippen LogP contribution in [0.2, 0.25) is 0 Å². The number of hydrogen-bond acceptors (Lipinski definition) is 2. The Bertz CT molecular complexity index is 325. The maximum Gasteiger partial charge on any atom is 0.0211 e. The first-order chi connectivity index (χ1) is 10.3. The molecule has 0 aromatic rings. The molecule has 4 bridgehead atoms. The molecular formula is C19H33NS. The lowest BCUT2D eigenvalue weighted by molar-refractivity contribution is -0.0682. The first kappa shape index (κ1) is 14.9. The molecule has 21 heavy (non-hydrogen) atoms. The van der Waals surface area contributed by atoms with Gasteiger partial charge in [0.15, 0.2) is 0 Å². The highest BCUT2D eigenvalue weighted by Gasteiger charge is 2.53. The molecule has 5 saturated carbocycles. The molecule has 5 aliphatic carbocycles. The molecule has 120 valence electrons. The Balaban J connectivity index is 1.36. The molecule has 5 aliphatic rings. The molecule has 1 atom stereocenters. The van der Waals surface area contributed by atoms with Crippen molar-refractivity contribution in [2.24, 2.45) is 29.1 Å². The molecule has 5 rings (SSSR count). The van der Waals surface area contributed by atoms with Crippen LogP contribution in [0.4, 0.5) is 0 Å². The fraction of sp³-hybridized carbons (Fsp3) is 1.00. The van der Waals surface area contributed by atoms with Gasteiger partial charge >= 0.3 is 0 Å². The van der Waals surface area contributed by atoms with Crippen LogP contribution in [0.25, 0.3) is 0 Å². The molecule has 5 fully saturated rings. The van der Waals surface area contributed by atoms with Crippen LogP contribution in [-0.2, 0) is 0 Å². The van der Waals surface area contributed by atoms with E-state index in [0.717, 1.165) is 29.7 Å². The molecule has 0 saturated heterocycles. The lowest BCUT2D eigenvalue weighted by Crippen LogP contribution is -2.56. The van der Waals surface area contributed by atoms with E-state index < -0.39 is 0 Å². The van der Waals surface area contributed by atoms with Crippen LogP contribution >= 0.6 is 11.8 Å². The molecule has 0 aliphatic heterocycles. The van der Waals surface area contributed by atoms with Crippen molar-refractivity contribution in [3.63, 3.8) is 0 Å². The van der Waals surface area contributed by atoms with E-state index in [2.05, 4.69) is 24.1 Å². The fourth-order valence-electron chi connectivity index (χ4n) is 6.70. The Morgan fingerprint density at radius 1 is 1.00 bits per heavy atom. The quantitative estimate of drug-likeness (QED) is 0.762. The Hall–Kier alpha value is 0.310. The predicted molar refractivity (Wildman–Crippen MR) is 92.7 cm³/mol. The lowest BCUT2D eigenvalue weighted by Gasteiger charge is -2.59. The second-order valence-corrected chi connectivity index (χ2v) is 9.88. The summed E-state index contributed by atoms with van der Waals surface area (Å²) < 4.78 is 0. The monoisotopic (exact) mass is 307 g/mol. The maximum atomic E-state index is 3.76. The fourth-order valence-corrected chi connectivity index (χ4v) is 8.26. The molecule has 2 heteroatoms. The van der Waals surface area contributed by atoms with Gasteiger partial charge in [0, 0.05) is 11.8 Å². The van der Waals surface area contributed by atoms with Gasteiger partial charge in [-0.05, 0) is 93.3 Å². The van der Waals surface area contributed by atoms with E-state index in [4.69, 9.17) is 0 Å². The summed E-state index contributed by atoms with van der Waals surface area (Å²) in [6.07, 6.45) is 15.4. The Morgan fingerprint density at radius 3 is 2.10 bits per heavy atom. The van der Waals surface area contributed by atoms with Crippen LogP contribution in [0, 0.1) is 29.1 Å². The summed E-state index contributed by atoms with van der Waals surface area (Å²) in [4.78, 5) is 0. The zero-order valence-corrected chi connectivity index (χ0v) is 14.6. The first-order valence-corrected chi connectivity index (χ1v) is 10.7. The number of rotatable bonds is 6. The zero-order valence-electron chi connectivity index (χ0n) is 13.8. The molecule has 0 radical (unpaired) electrons. The van der Waals surface area contributed by atoms with Crippen molar-refractivity contribution in [1.29, 1.82) is 0 Å². The molecule has 1 nitrogen and oxygen atoms in total. The van der Waals surface area contributed by atoms with E-state index in [1.54, 1.807) is 38.5 Å². The average molecular weight is 308 g/mol. The van der Waals surface area contributed by atoms with Gasteiger partial charge in [0.25, 0.3) is 0 Å². The second kappa shape index (κ2) is 6.07. The normalized spacial score (nSPS) is 43.6. The minimum Gasteiger partial charge on any atom is -0.316 e. The molecule has 0 amide bonds. The lowest BCUT2D eigenvalue weighted by atomic mass is 9.48. The molecule has 0 heterocycles. The van der Waals surface area contributed by atoms with E-state index in [9.17, 15) is 0 Å². The van der Waals surface area contributed by atoms with Crippen LogP contribution in [-0.4, -0.2) is 24.6 Å².